The van der Waals surface area contributed by atoms with Crippen LogP contribution in [0.1, 0.15) is 49.4 Å². The van der Waals surface area contributed by atoms with Crippen molar-refractivity contribution in [2.24, 2.45) is 0 Å². The van der Waals surface area contributed by atoms with Gasteiger partial charge in [-0.3, -0.25) is 4.79 Å². The van der Waals surface area contributed by atoms with E-state index in [0.29, 0.717) is 12.1 Å². The molecule has 1 aromatic carbocycles. The number of sulfonamides is 1. The maximum Gasteiger partial charge on any atom is 0.253 e. The van der Waals surface area contributed by atoms with E-state index in [1.54, 1.807) is 37.2 Å². The Labute approximate surface area is 139 Å². The van der Waals surface area contributed by atoms with Crippen LogP contribution in [0, 0.1) is 0 Å². The first-order chi connectivity index (χ1) is 10.9. The number of benzene rings is 1. The molecule has 2 rings (SSSR count). The first-order valence-electron chi connectivity index (χ1n) is 8.21. The van der Waals surface area contributed by atoms with Crippen LogP contribution in [0.4, 0.5) is 0 Å². The molecular weight excluding hydrogens is 312 g/mol. The number of hydrogen-bond donors (Lipinski definition) is 0. The summed E-state index contributed by atoms with van der Waals surface area (Å²) in [5.41, 5.74) is 0.410. The molecule has 0 unspecified atom stereocenters. The molecular formula is C17H26N2O3S. The van der Waals surface area contributed by atoms with Crippen LogP contribution in [0.15, 0.2) is 29.2 Å². The Morgan fingerprint density at radius 2 is 1.83 bits per heavy atom. The molecule has 1 aliphatic carbocycles. The van der Waals surface area contributed by atoms with Gasteiger partial charge in [0.25, 0.3) is 5.91 Å². The molecule has 0 spiro atoms. The maximum absolute atomic E-state index is 12.8. The predicted molar refractivity (Wildman–Crippen MR) is 90.9 cm³/mol. The molecule has 6 heteroatoms. The van der Waals surface area contributed by atoms with Gasteiger partial charge in [0.2, 0.25) is 10.0 Å². The minimum absolute atomic E-state index is 0.0615. The first kappa shape index (κ1) is 17.9. The molecule has 0 aromatic heterocycles. The van der Waals surface area contributed by atoms with Crippen LogP contribution >= 0.6 is 0 Å². The van der Waals surface area contributed by atoms with Crippen molar-refractivity contribution < 1.29 is 13.2 Å². The highest BCUT2D eigenvalue weighted by Crippen LogP contribution is 2.26. The van der Waals surface area contributed by atoms with Crippen molar-refractivity contribution in [3.63, 3.8) is 0 Å². The van der Waals surface area contributed by atoms with E-state index < -0.39 is 10.0 Å². The number of rotatable bonds is 5. The summed E-state index contributed by atoms with van der Waals surface area (Å²) in [6.45, 7) is 2.47. The Morgan fingerprint density at radius 3 is 2.43 bits per heavy atom. The fourth-order valence-electron chi connectivity index (χ4n) is 2.96. The monoisotopic (exact) mass is 338 g/mol. The number of amides is 1. The van der Waals surface area contributed by atoms with Gasteiger partial charge in [-0.1, -0.05) is 25.3 Å². The maximum atomic E-state index is 12.8. The Kier molecular flexibility index (Phi) is 5.81. The average Bonchev–Trinajstić information content (AvgIpc) is 2.60. The van der Waals surface area contributed by atoms with Crippen LogP contribution in [0.25, 0.3) is 0 Å². The summed E-state index contributed by atoms with van der Waals surface area (Å²) >= 11 is 0. The van der Waals surface area contributed by atoms with E-state index in [1.807, 2.05) is 6.92 Å². The van der Waals surface area contributed by atoms with Crippen LogP contribution in [0.3, 0.4) is 0 Å². The van der Waals surface area contributed by atoms with Crippen molar-refractivity contribution in [2.75, 3.05) is 20.6 Å². The Hall–Kier alpha value is -1.40. The van der Waals surface area contributed by atoms with Crippen LogP contribution in [-0.4, -0.2) is 50.2 Å². The molecule has 5 nitrogen and oxygen atoms in total. The second-order valence-corrected chi connectivity index (χ2v) is 8.16. The van der Waals surface area contributed by atoms with Crippen molar-refractivity contribution in [1.82, 2.24) is 9.21 Å². The highest BCUT2D eigenvalue weighted by Gasteiger charge is 2.29. The molecule has 1 aliphatic rings. The van der Waals surface area contributed by atoms with Gasteiger partial charge in [-0.05, 0) is 38.0 Å². The molecule has 23 heavy (non-hydrogen) atoms. The van der Waals surface area contributed by atoms with Crippen LogP contribution in [0.5, 0.6) is 0 Å². The van der Waals surface area contributed by atoms with Gasteiger partial charge in [0.05, 0.1) is 4.90 Å². The van der Waals surface area contributed by atoms with E-state index in [9.17, 15) is 13.2 Å². The Bertz CT molecular complexity index is 652. The van der Waals surface area contributed by atoms with Crippen molar-refractivity contribution >= 4 is 15.9 Å². The van der Waals surface area contributed by atoms with Gasteiger partial charge in [0, 0.05) is 32.2 Å². The van der Waals surface area contributed by atoms with E-state index in [-0.39, 0.29) is 16.8 Å². The van der Waals surface area contributed by atoms with Crippen LogP contribution in [-0.2, 0) is 10.0 Å². The lowest BCUT2D eigenvalue weighted by atomic mass is 9.96. The van der Waals surface area contributed by atoms with Gasteiger partial charge in [0.1, 0.15) is 0 Å². The predicted octanol–water partition coefficient (Wildman–Crippen LogP) is 2.73. The number of carbonyl (C=O) groups is 1. The fourth-order valence-corrected chi connectivity index (χ4v) is 4.42. The standard InChI is InChI=1S/C17H26N2O3S/c1-4-18(2)17(20)14-9-8-12-16(13-14)23(21,22)19(3)15-10-6-5-7-11-15/h8-9,12-13,15H,4-7,10-11H2,1-3H3. The summed E-state index contributed by atoms with van der Waals surface area (Å²) in [6.07, 6.45) is 5.15. The minimum atomic E-state index is -3.56. The fraction of sp³-hybridized carbons (Fsp3) is 0.588. The van der Waals surface area contributed by atoms with Crippen LogP contribution < -0.4 is 0 Å². The van der Waals surface area contributed by atoms with Gasteiger partial charge >= 0.3 is 0 Å². The van der Waals surface area contributed by atoms with Gasteiger partial charge in [0.15, 0.2) is 0 Å². The van der Waals surface area contributed by atoms with E-state index in [0.717, 1.165) is 25.7 Å². The summed E-state index contributed by atoms with van der Waals surface area (Å²) in [4.78, 5) is 14.0. The third-order valence-corrected chi connectivity index (χ3v) is 6.57. The molecule has 0 bridgehead atoms. The second kappa shape index (κ2) is 7.45. The summed E-state index contributed by atoms with van der Waals surface area (Å²) in [7, 11) is -0.208. The molecule has 128 valence electrons. The lowest BCUT2D eigenvalue weighted by Gasteiger charge is -2.30. The lowest BCUT2D eigenvalue weighted by Crippen LogP contribution is -2.38. The summed E-state index contributed by atoms with van der Waals surface area (Å²) in [5, 5.41) is 0. The zero-order valence-corrected chi connectivity index (χ0v) is 15.0. The molecule has 1 amide bonds. The van der Waals surface area contributed by atoms with Gasteiger partial charge in [-0.25, -0.2) is 8.42 Å². The second-order valence-electron chi connectivity index (χ2n) is 6.16. The topological polar surface area (TPSA) is 57.7 Å². The zero-order chi connectivity index (χ0) is 17.0. The van der Waals surface area contributed by atoms with Crippen molar-refractivity contribution in [1.29, 1.82) is 0 Å². The van der Waals surface area contributed by atoms with Crippen molar-refractivity contribution in [3.05, 3.63) is 29.8 Å². The van der Waals surface area contributed by atoms with Crippen molar-refractivity contribution in [3.8, 4) is 0 Å². The SMILES string of the molecule is CCN(C)C(=O)c1cccc(S(=O)(=O)N(C)C2CCCCC2)c1. The highest BCUT2D eigenvalue weighted by molar-refractivity contribution is 7.89. The quantitative estimate of drug-likeness (QED) is 0.829. The molecule has 0 atom stereocenters. The Morgan fingerprint density at radius 1 is 1.17 bits per heavy atom. The summed E-state index contributed by atoms with van der Waals surface area (Å²) in [5.74, 6) is -0.162. The molecule has 1 aromatic rings. The van der Waals surface area contributed by atoms with Gasteiger partial charge in [-0.15, -0.1) is 0 Å². The van der Waals surface area contributed by atoms with E-state index in [2.05, 4.69) is 0 Å². The molecule has 1 saturated carbocycles. The van der Waals surface area contributed by atoms with E-state index >= 15 is 0 Å². The number of nitrogens with zero attached hydrogens (tertiary/aromatic N) is 2. The molecule has 0 radical (unpaired) electrons. The average molecular weight is 338 g/mol. The lowest BCUT2D eigenvalue weighted by molar-refractivity contribution is 0.0802. The molecule has 0 saturated heterocycles. The summed E-state index contributed by atoms with van der Waals surface area (Å²) in [6, 6.07) is 6.42. The highest BCUT2D eigenvalue weighted by atomic mass is 32.2. The molecule has 0 aliphatic heterocycles. The van der Waals surface area contributed by atoms with E-state index in [4.69, 9.17) is 0 Å². The normalized spacial score (nSPS) is 16.5. The third kappa shape index (κ3) is 3.93. The zero-order valence-electron chi connectivity index (χ0n) is 14.2. The minimum Gasteiger partial charge on any atom is -0.342 e. The van der Waals surface area contributed by atoms with Gasteiger partial charge in [-0.2, -0.15) is 4.31 Å². The Balaban J connectivity index is 2.27. The molecule has 0 N–H and O–H groups in total. The van der Waals surface area contributed by atoms with E-state index in [1.165, 1.54) is 16.8 Å². The van der Waals surface area contributed by atoms with Crippen molar-refractivity contribution in [2.45, 2.75) is 50.0 Å². The first-order valence-corrected chi connectivity index (χ1v) is 9.65. The molecule has 0 heterocycles. The third-order valence-electron chi connectivity index (χ3n) is 4.67. The van der Waals surface area contributed by atoms with Crippen LogP contribution in [0.2, 0.25) is 0 Å². The smallest absolute Gasteiger partial charge is 0.253 e. The van der Waals surface area contributed by atoms with Gasteiger partial charge < -0.3 is 4.90 Å². The largest absolute Gasteiger partial charge is 0.342 e. The summed E-state index contributed by atoms with van der Waals surface area (Å²) < 4.78 is 27.2. The number of hydrogen-bond acceptors (Lipinski definition) is 3. The number of carbonyl (C=O) groups excluding carboxylic acids is 1. The molecule has 1 fully saturated rings.